The maximum Gasteiger partial charge on any atom is 0.292 e. The molecule has 2 aliphatic heterocycles. The molecule has 3 heterocycles. The van der Waals surface area contributed by atoms with Crippen molar-refractivity contribution in [1.29, 1.82) is 0 Å². The zero-order valence-electron chi connectivity index (χ0n) is 20.9. The van der Waals surface area contributed by atoms with Gasteiger partial charge in [-0.05, 0) is 43.7 Å². The van der Waals surface area contributed by atoms with Gasteiger partial charge in [0.05, 0.1) is 16.7 Å². The van der Waals surface area contributed by atoms with E-state index in [0.717, 1.165) is 12.1 Å². The molecule has 36 heavy (non-hydrogen) atoms. The van der Waals surface area contributed by atoms with Crippen molar-refractivity contribution in [2.75, 3.05) is 32.8 Å². The van der Waals surface area contributed by atoms with Gasteiger partial charge in [-0.15, -0.1) is 0 Å². The lowest BCUT2D eigenvalue weighted by atomic mass is 9.74. The summed E-state index contributed by atoms with van der Waals surface area (Å²) in [6, 6.07) is 8.82. The summed E-state index contributed by atoms with van der Waals surface area (Å²) in [6.07, 6.45) is 6.18. The molecule has 0 unspecified atom stereocenters. The second kappa shape index (κ2) is 11.4. The predicted molar refractivity (Wildman–Crippen MR) is 134 cm³/mol. The molecule has 4 rings (SSSR count). The lowest BCUT2D eigenvalue weighted by Crippen LogP contribution is -2.51. The Bertz CT molecular complexity index is 1110. The van der Waals surface area contributed by atoms with Gasteiger partial charge in [0.1, 0.15) is 12.4 Å². The second-order valence-electron chi connectivity index (χ2n) is 9.85. The molecule has 0 saturated carbocycles. The number of amides is 3. The SMILES string of the molecule is CC(C)Cc1cc(C(=O)N2CCC3(C/C=C/COc4ccccc4C(=O)NCCNC3=O)CC2)on1. The largest absolute Gasteiger partial charge is 0.489 e. The Hall–Kier alpha value is -3.62. The first-order chi connectivity index (χ1) is 17.4. The Balaban J connectivity index is 1.42. The van der Waals surface area contributed by atoms with Crippen LogP contribution >= 0.6 is 0 Å². The number of ether oxygens (including phenoxy) is 1. The third kappa shape index (κ3) is 5.95. The van der Waals surface area contributed by atoms with E-state index >= 15 is 0 Å². The fourth-order valence-corrected chi connectivity index (χ4v) is 4.67. The van der Waals surface area contributed by atoms with E-state index in [1.165, 1.54) is 0 Å². The molecule has 2 N–H and O–H groups in total. The number of para-hydroxylation sites is 1. The van der Waals surface area contributed by atoms with E-state index in [-0.39, 0.29) is 30.1 Å². The van der Waals surface area contributed by atoms with Crippen molar-refractivity contribution in [3.8, 4) is 5.75 Å². The third-order valence-corrected chi connectivity index (χ3v) is 6.71. The topological polar surface area (TPSA) is 114 Å². The van der Waals surface area contributed by atoms with Gasteiger partial charge in [-0.2, -0.15) is 0 Å². The van der Waals surface area contributed by atoms with E-state index in [1.54, 1.807) is 29.2 Å². The summed E-state index contributed by atoms with van der Waals surface area (Å²) in [5, 5.41) is 9.85. The van der Waals surface area contributed by atoms with Gasteiger partial charge in [-0.3, -0.25) is 14.4 Å². The molecule has 1 aromatic heterocycles. The molecule has 1 saturated heterocycles. The maximum absolute atomic E-state index is 13.3. The minimum Gasteiger partial charge on any atom is -0.489 e. The molecule has 9 nitrogen and oxygen atoms in total. The Morgan fingerprint density at radius 2 is 1.86 bits per heavy atom. The highest BCUT2D eigenvalue weighted by Crippen LogP contribution is 2.36. The number of fused-ring (bicyclic) bond motifs is 1. The highest BCUT2D eigenvalue weighted by atomic mass is 16.5. The molecule has 0 radical (unpaired) electrons. The van der Waals surface area contributed by atoms with Crippen LogP contribution in [0, 0.1) is 11.3 Å². The molecule has 1 spiro atoms. The summed E-state index contributed by atoms with van der Waals surface area (Å²) in [7, 11) is 0. The van der Waals surface area contributed by atoms with Crippen LogP contribution in [0.5, 0.6) is 5.75 Å². The lowest BCUT2D eigenvalue weighted by molar-refractivity contribution is -0.133. The average Bonchev–Trinajstić information content (AvgIpc) is 3.33. The summed E-state index contributed by atoms with van der Waals surface area (Å²) in [4.78, 5) is 40.5. The van der Waals surface area contributed by atoms with Gasteiger partial charge in [0, 0.05) is 32.2 Å². The summed E-state index contributed by atoms with van der Waals surface area (Å²) in [5.41, 5.74) is 0.601. The first-order valence-electron chi connectivity index (χ1n) is 12.6. The molecular weight excluding hydrogens is 460 g/mol. The average molecular weight is 495 g/mol. The van der Waals surface area contributed by atoms with Gasteiger partial charge < -0.3 is 24.8 Å². The van der Waals surface area contributed by atoms with Crippen molar-refractivity contribution in [3.63, 3.8) is 0 Å². The number of hydrogen-bond acceptors (Lipinski definition) is 6. The number of piperidine rings is 1. The molecule has 9 heteroatoms. The zero-order valence-corrected chi connectivity index (χ0v) is 20.9. The van der Waals surface area contributed by atoms with E-state index in [1.807, 2.05) is 18.2 Å². The summed E-state index contributed by atoms with van der Waals surface area (Å²) in [6.45, 7) is 5.98. The van der Waals surface area contributed by atoms with E-state index in [0.29, 0.717) is 62.7 Å². The number of carbonyl (C=O) groups excluding carboxylic acids is 3. The molecule has 0 aliphatic carbocycles. The fourth-order valence-electron chi connectivity index (χ4n) is 4.67. The maximum atomic E-state index is 13.3. The van der Waals surface area contributed by atoms with Gasteiger partial charge in [0.15, 0.2) is 0 Å². The van der Waals surface area contributed by atoms with Crippen LogP contribution in [0.15, 0.2) is 47.0 Å². The number of nitrogens with zero attached hydrogens (tertiary/aromatic N) is 2. The van der Waals surface area contributed by atoms with Gasteiger partial charge in [0.25, 0.3) is 11.8 Å². The van der Waals surface area contributed by atoms with Gasteiger partial charge >= 0.3 is 0 Å². The van der Waals surface area contributed by atoms with Crippen molar-refractivity contribution in [1.82, 2.24) is 20.7 Å². The summed E-state index contributed by atoms with van der Waals surface area (Å²) < 4.78 is 11.1. The molecule has 3 amide bonds. The van der Waals surface area contributed by atoms with Crippen LogP contribution in [0.4, 0.5) is 0 Å². The molecule has 2 aliphatic rings. The molecule has 2 aromatic rings. The van der Waals surface area contributed by atoms with Crippen LogP contribution in [0.2, 0.25) is 0 Å². The Morgan fingerprint density at radius 1 is 1.11 bits per heavy atom. The van der Waals surface area contributed by atoms with Gasteiger partial charge in [0.2, 0.25) is 11.7 Å². The minimum atomic E-state index is -0.635. The van der Waals surface area contributed by atoms with Crippen molar-refractivity contribution < 1.29 is 23.6 Å². The monoisotopic (exact) mass is 494 g/mol. The van der Waals surface area contributed by atoms with Crippen LogP contribution in [-0.4, -0.2) is 60.6 Å². The van der Waals surface area contributed by atoms with Crippen molar-refractivity contribution >= 4 is 17.7 Å². The number of nitrogens with one attached hydrogen (secondary N) is 2. The molecule has 192 valence electrons. The fraction of sp³-hybridized carbons (Fsp3) is 0.481. The minimum absolute atomic E-state index is 0.0641. The normalized spacial score (nSPS) is 19.6. The van der Waals surface area contributed by atoms with Gasteiger partial charge in [-0.25, -0.2) is 0 Å². The summed E-state index contributed by atoms with van der Waals surface area (Å²) >= 11 is 0. The van der Waals surface area contributed by atoms with Crippen LogP contribution in [-0.2, 0) is 11.2 Å². The summed E-state index contributed by atoms with van der Waals surface area (Å²) in [5.74, 6) is 0.676. The first-order valence-corrected chi connectivity index (χ1v) is 12.6. The third-order valence-electron chi connectivity index (χ3n) is 6.71. The van der Waals surface area contributed by atoms with Crippen molar-refractivity contribution in [2.24, 2.45) is 11.3 Å². The number of carbonyl (C=O) groups is 3. The number of aromatic nitrogens is 1. The number of rotatable bonds is 3. The smallest absolute Gasteiger partial charge is 0.292 e. The van der Waals surface area contributed by atoms with Crippen LogP contribution in [0.3, 0.4) is 0 Å². The Kier molecular flexibility index (Phi) is 8.07. The van der Waals surface area contributed by atoms with E-state index < -0.39 is 5.41 Å². The van der Waals surface area contributed by atoms with Crippen molar-refractivity contribution in [2.45, 2.75) is 39.5 Å². The molecule has 0 bridgehead atoms. The first kappa shape index (κ1) is 25.5. The van der Waals surface area contributed by atoms with E-state index in [2.05, 4.69) is 29.6 Å². The van der Waals surface area contributed by atoms with Gasteiger partial charge in [-0.1, -0.05) is 43.3 Å². The second-order valence-corrected chi connectivity index (χ2v) is 9.85. The molecular formula is C27H34N4O5. The highest BCUT2D eigenvalue weighted by molar-refractivity contribution is 5.97. The highest BCUT2D eigenvalue weighted by Gasteiger charge is 2.41. The van der Waals surface area contributed by atoms with E-state index in [4.69, 9.17) is 9.26 Å². The number of allylic oxidation sites excluding steroid dienone is 1. The zero-order chi connectivity index (χ0) is 25.5. The Morgan fingerprint density at radius 3 is 2.64 bits per heavy atom. The molecule has 0 atom stereocenters. The van der Waals surface area contributed by atoms with Crippen LogP contribution in [0.25, 0.3) is 0 Å². The quantitative estimate of drug-likeness (QED) is 0.634. The van der Waals surface area contributed by atoms with Crippen molar-refractivity contribution in [3.05, 3.63) is 59.5 Å². The lowest BCUT2D eigenvalue weighted by Gasteiger charge is -2.40. The van der Waals surface area contributed by atoms with Crippen LogP contribution in [0.1, 0.15) is 59.7 Å². The standard InChI is InChI=1S/C27H34N4O5/c1-19(2)17-20-18-23(36-30-20)25(33)31-14-10-27(11-15-31)9-5-6-16-35-22-8-4-3-7-21(22)24(32)28-12-13-29-26(27)34/h3-8,18-19H,9-17H2,1-2H3,(H,28,32)(H,29,34)/b6-5+. The number of benzene rings is 1. The molecule has 1 fully saturated rings. The van der Waals surface area contributed by atoms with E-state index in [9.17, 15) is 14.4 Å². The predicted octanol–water partition coefficient (Wildman–Crippen LogP) is 2.98. The number of likely N-dealkylation sites (tertiary alicyclic amines) is 1. The Labute approximate surface area is 211 Å². The van der Waals surface area contributed by atoms with Crippen LogP contribution < -0.4 is 15.4 Å². The number of hydrogen-bond donors (Lipinski definition) is 2. The molecule has 1 aromatic carbocycles.